The van der Waals surface area contributed by atoms with Gasteiger partial charge in [-0.25, -0.2) is 8.42 Å². The van der Waals surface area contributed by atoms with Crippen LogP contribution in [0.2, 0.25) is 0 Å². The van der Waals surface area contributed by atoms with Crippen molar-refractivity contribution in [3.8, 4) is 0 Å². The maximum absolute atomic E-state index is 12.7. The number of alkyl halides is 3. The first kappa shape index (κ1) is 21.8. The summed E-state index contributed by atoms with van der Waals surface area (Å²) in [6.07, 6.45) is 2.38. The number of aromatic nitrogens is 2. The first-order chi connectivity index (χ1) is 13.8. The van der Waals surface area contributed by atoms with Crippen molar-refractivity contribution in [2.24, 2.45) is 0 Å². The molecule has 29 heavy (non-hydrogen) atoms. The Bertz CT molecular complexity index is 860. The summed E-state index contributed by atoms with van der Waals surface area (Å²) in [6, 6.07) is 5.59. The first-order valence-corrected chi connectivity index (χ1v) is 11.1. The Morgan fingerprint density at radius 3 is 2.17 bits per heavy atom. The molecule has 6 nitrogen and oxygen atoms in total. The number of sulfonamides is 1. The molecule has 2 heterocycles. The largest absolute Gasteiger partial charge is 0.416 e. The summed E-state index contributed by atoms with van der Waals surface area (Å²) in [7, 11) is -3.77. The van der Waals surface area contributed by atoms with Gasteiger partial charge in [-0.3, -0.25) is 4.68 Å². The highest BCUT2D eigenvalue weighted by Crippen LogP contribution is 2.30. The van der Waals surface area contributed by atoms with Crippen molar-refractivity contribution >= 4 is 10.0 Å². The molecular formula is C19H25F3N4O2S. The molecule has 0 unspecified atom stereocenters. The van der Waals surface area contributed by atoms with E-state index in [1.807, 2.05) is 16.9 Å². The summed E-state index contributed by atoms with van der Waals surface area (Å²) < 4.78 is 66.6. The second kappa shape index (κ2) is 9.27. The minimum Gasteiger partial charge on any atom is -0.301 e. The third kappa shape index (κ3) is 5.80. The molecule has 1 aliphatic heterocycles. The van der Waals surface area contributed by atoms with Gasteiger partial charge in [0.2, 0.25) is 10.0 Å². The number of hydrogen-bond donors (Lipinski definition) is 0. The minimum atomic E-state index is -4.48. The average Bonchev–Trinajstić information content (AvgIpc) is 3.21. The maximum atomic E-state index is 12.7. The summed E-state index contributed by atoms with van der Waals surface area (Å²) in [6.45, 7) is 3.74. The van der Waals surface area contributed by atoms with Crippen molar-refractivity contribution in [1.29, 1.82) is 0 Å². The van der Waals surface area contributed by atoms with Crippen LogP contribution in [0, 0.1) is 0 Å². The molecule has 0 bridgehead atoms. The highest BCUT2D eigenvalue weighted by molar-refractivity contribution is 7.89. The lowest BCUT2D eigenvalue weighted by molar-refractivity contribution is -0.137. The number of halogens is 3. The number of hydrogen-bond acceptors (Lipinski definition) is 4. The van der Waals surface area contributed by atoms with Crippen LogP contribution in [0.4, 0.5) is 13.2 Å². The van der Waals surface area contributed by atoms with Crippen LogP contribution < -0.4 is 0 Å². The Morgan fingerprint density at radius 2 is 1.59 bits per heavy atom. The van der Waals surface area contributed by atoms with Crippen LogP contribution in [0.1, 0.15) is 24.8 Å². The Balaban J connectivity index is 1.43. The zero-order chi connectivity index (χ0) is 20.9. The summed E-state index contributed by atoms with van der Waals surface area (Å²) in [5.74, 6) is 0. The van der Waals surface area contributed by atoms with Gasteiger partial charge in [-0.05, 0) is 49.7 Å². The lowest BCUT2D eigenvalue weighted by Crippen LogP contribution is -2.48. The van der Waals surface area contributed by atoms with Gasteiger partial charge in [0, 0.05) is 45.1 Å². The third-order valence-corrected chi connectivity index (χ3v) is 6.98. The number of benzene rings is 1. The molecule has 1 aliphatic rings. The van der Waals surface area contributed by atoms with Crippen LogP contribution in [-0.2, 0) is 22.7 Å². The lowest BCUT2D eigenvalue weighted by atomic mass is 10.2. The van der Waals surface area contributed by atoms with Gasteiger partial charge >= 0.3 is 6.18 Å². The van der Waals surface area contributed by atoms with E-state index in [0.717, 1.165) is 56.6 Å². The molecular weight excluding hydrogens is 405 g/mol. The smallest absolute Gasteiger partial charge is 0.301 e. The fraction of sp³-hybridized carbons (Fsp3) is 0.526. The van der Waals surface area contributed by atoms with E-state index in [0.29, 0.717) is 26.2 Å². The van der Waals surface area contributed by atoms with Gasteiger partial charge < -0.3 is 4.90 Å². The van der Waals surface area contributed by atoms with E-state index >= 15 is 0 Å². The number of aryl methyl sites for hydroxylation is 1. The second-order valence-corrected chi connectivity index (χ2v) is 9.04. The van der Waals surface area contributed by atoms with Crippen molar-refractivity contribution in [2.75, 3.05) is 32.7 Å². The number of piperazine rings is 1. The van der Waals surface area contributed by atoms with Crippen LogP contribution in [0.5, 0.6) is 0 Å². The molecule has 0 amide bonds. The fourth-order valence-corrected chi connectivity index (χ4v) is 4.80. The highest BCUT2D eigenvalue weighted by atomic mass is 32.2. The maximum Gasteiger partial charge on any atom is 0.416 e. The van der Waals surface area contributed by atoms with Gasteiger partial charge in [0.25, 0.3) is 0 Å². The van der Waals surface area contributed by atoms with Crippen LogP contribution in [-0.4, -0.2) is 60.1 Å². The van der Waals surface area contributed by atoms with Crippen molar-refractivity contribution < 1.29 is 21.6 Å². The molecule has 1 aromatic heterocycles. The normalized spacial score (nSPS) is 16.9. The predicted molar refractivity (Wildman–Crippen MR) is 103 cm³/mol. The third-order valence-electron chi connectivity index (χ3n) is 5.07. The van der Waals surface area contributed by atoms with Crippen molar-refractivity contribution in [3.63, 3.8) is 0 Å². The molecule has 0 aliphatic carbocycles. The molecule has 0 saturated carbocycles. The van der Waals surface area contributed by atoms with Gasteiger partial charge in [-0.15, -0.1) is 0 Å². The minimum absolute atomic E-state index is 0.0995. The Morgan fingerprint density at radius 1 is 0.931 bits per heavy atom. The van der Waals surface area contributed by atoms with E-state index < -0.39 is 21.8 Å². The molecule has 10 heteroatoms. The highest BCUT2D eigenvalue weighted by Gasteiger charge is 2.32. The summed E-state index contributed by atoms with van der Waals surface area (Å²) in [4.78, 5) is 2.13. The molecule has 2 aromatic rings. The van der Waals surface area contributed by atoms with E-state index in [1.165, 1.54) is 4.31 Å². The summed E-state index contributed by atoms with van der Waals surface area (Å²) in [5.41, 5.74) is -0.853. The van der Waals surface area contributed by atoms with E-state index in [1.54, 1.807) is 6.20 Å². The van der Waals surface area contributed by atoms with Gasteiger partial charge in [-0.2, -0.15) is 22.6 Å². The molecule has 160 valence electrons. The molecule has 1 saturated heterocycles. The van der Waals surface area contributed by atoms with Crippen LogP contribution in [0.25, 0.3) is 0 Å². The zero-order valence-corrected chi connectivity index (χ0v) is 16.9. The van der Waals surface area contributed by atoms with Gasteiger partial charge in [-0.1, -0.05) is 6.42 Å². The van der Waals surface area contributed by atoms with E-state index in [9.17, 15) is 21.6 Å². The van der Waals surface area contributed by atoms with Crippen molar-refractivity contribution in [3.05, 3.63) is 48.3 Å². The van der Waals surface area contributed by atoms with Crippen LogP contribution >= 0.6 is 0 Å². The molecule has 3 rings (SSSR count). The molecule has 1 fully saturated rings. The number of nitrogens with zero attached hydrogens (tertiary/aromatic N) is 4. The average molecular weight is 430 g/mol. The Hall–Kier alpha value is -1.91. The fourth-order valence-electron chi connectivity index (χ4n) is 3.38. The number of unbranched alkanes of at least 4 members (excludes halogenated alkanes) is 2. The van der Waals surface area contributed by atoms with Gasteiger partial charge in [0.15, 0.2) is 0 Å². The number of rotatable bonds is 8. The van der Waals surface area contributed by atoms with E-state index in [4.69, 9.17) is 0 Å². The molecule has 0 atom stereocenters. The zero-order valence-electron chi connectivity index (χ0n) is 16.1. The van der Waals surface area contributed by atoms with Crippen LogP contribution in [0.3, 0.4) is 0 Å². The topological polar surface area (TPSA) is 58.4 Å². The van der Waals surface area contributed by atoms with E-state index in [-0.39, 0.29) is 4.90 Å². The SMILES string of the molecule is O=S(=O)(c1ccc(C(F)(F)F)cc1)N1CCN(CCCCCn2cccn2)CC1. The van der Waals surface area contributed by atoms with Gasteiger partial charge in [0.05, 0.1) is 10.5 Å². The van der Waals surface area contributed by atoms with Gasteiger partial charge in [0.1, 0.15) is 0 Å². The molecule has 0 N–H and O–H groups in total. The Kier molecular flexibility index (Phi) is 6.97. The Labute approximate surface area is 169 Å². The van der Waals surface area contributed by atoms with E-state index in [2.05, 4.69) is 10.00 Å². The predicted octanol–water partition coefficient (Wildman–Crippen LogP) is 3.08. The van der Waals surface area contributed by atoms with Crippen LogP contribution in [0.15, 0.2) is 47.6 Å². The molecule has 1 aromatic carbocycles. The monoisotopic (exact) mass is 430 g/mol. The summed E-state index contributed by atoms with van der Waals surface area (Å²) in [5, 5.41) is 4.16. The summed E-state index contributed by atoms with van der Waals surface area (Å²) >= 11 is 0. The second-order valence-electron chi connectivity index (χ2n) is 7.10. The van der Waals surface area contributed by atoms with Crippen molar-refractivity contribution in [2.45, 2.75) is 36.9 Å². The quantitative estimate of drug-likeness (QED) is 0.604. The lowest BCUT2D eigenvalue weighted by Gasteiger charge is -2.34. The first-order valence-electron chi connectivity index (χ1n) is 9.64. The molecule has 0 spiro atoms. The van der Waals surface area contributed by atoms with Crippen molar-refractivity contribution in [1.82, 2.24) is 19.0 Å². The standard InChI is InChI=1S/C19H25F3N4O2S/c20-19(21,22)17-5-7-18(8-6-17)29(27,28)26-15-13-24(14-16-26)10-2-1-3-11-25-12-4-9-23-25/h4-9,12H,1-3,10-11,13-16H2. The molecule has 0 radical (unpaired) electrons.